The molecule has 3 heteroatoms. The molecule has 0 aliphatic heterocycles. The van der Waals surface area contributed by atoms with Gasteiger partial charge in [0, 0.05) is 12.3 Å². The molecule has 0 saturated carbocycles. The van der Waals surface area contributed by atoms with Gasteiger partial charge in [0.25, 0.3) is 0 Å². The van der Waals surface area contributed by atoms with E-state index in [-0.39, 0.29) is 5.41 Å². The SMILES string of the molecule is CSCCN(C)CCC(C)(C)C#N. The van der Waals surface area contributed by atoms with Crippen LogP contribution in [0.3, 0.4) is 0 Å². The molecule has 0 radical (unpaired) electrons. The summed E-state index contributed by atoms with van der Waals surface area (Å²) >= 11 is 1.86. The van der Waals surface area contributed by atoms with Crippen molar-refractivity contribution in [2.45, 2.75) is 20.3 Å². The van der Waals surface area contributed by atoms with E-state index in [1.807, 2.05) is 25.6 Å². The topological polar surface area (TPSA) is 27.0 Å². The Kier molecular flexibility index (Phi) is 6.19. The summed E-state index contributed by atoms with van der Waals surface area (Å²) in [5.74, 6) is 1.17. The van der Waals surface area contributed by atoms with Crippen LogP contribution in [0.15, 0.2) is 0 Å². The van der Waals surface area contributed by atoms with Crippen LogP contribution in [0.1, 0.15) is 20.3 Å². The van der Waals surface area contributed by atoms with Crippen LogP contribution in [0.2, 0.25) is 0 Å². The predicted molar refractivity (Wildman–Crippen MR) is 59.9 cm³/mol. The van der Waals surface area contributed by atoms with Gasteiger partial charge in [0.1, 0.15) is 0 Å². The van der Waals surface area contributed by atoms with Crippen LogP contribution in [-0.4, -0.2) is 37.0 Å². The lowest BCUT2D eigenvalue weighted by Gasteiger charge is -2.21. The largest absolute Gasteiger partial charge is 0.305 e. The van der Waals surface area contributed by atoms with Crippen LogP contribution in [0.4, 0.5) is 0 Å². The fourth-order valence-electron chi connectivity index (χ4n) is 0.885. The van der Waals surface area contributed by atoms with Crippen molar-refractivity contribution in [1.82, 2.24) is 4.90 Å². The minimum Gasteiger partial charge on any atom is -0.305 e. The van der Waals surface area contributed by atoms with Crippen molar-refractivity contribution in [3.63, 3.8) is 0 Å². The van der Waals surface area contributed by atoms with Crippen LogP contribution in [0.25, 0.3) is 0 Å². The van der Waals surface area contributed by atoms with E-state index in [0.717, 1.165) is 19.5 Å². The molecule has 0 aromatic heterocycles. The quantitative estimate of drug-likeness (QED) is 0.658. The van der Waals surface area contributed by atoms with E-state index in [0.29, 0.717) is 0 Å². The minimum atomic E-state index is -0.173. The Morgan fingerprint density at radius 2 is 2.00 bits per heavy atom. The van der Waals surface area contributed by atoms with Crippen molar-refractivity contribution < 1.29 is 0 Å². The highest BCUT2D eigenvalue weighted by molar-refractivity contribution is 7.98. The van der Waals surface area contributed by atoms with Crippen molar-refractivity contribution >= 4 is 11.8 Å². The lowest BCUT2D eigenvalue weighted by Crippen LogP contribution is -2.26. The molecule has 0 bridgehead atoms. The summed E-state index contributed by atoms with van der Waals surface area (Å²) in [6.45, 7) is 6.12. The smallest absolute Gasteiger partial charge is 0.0684 e. The van der Waals surface area contributed by atoms with Crippen LogP contribution in [0, 0.1) is 16.7 Å². The van der Waals surface area contributed by atoms with Gasteiger partial charge in [0.05, 0.1) is 11.5 Å². The fourth-order valence-corrected chi connectivity index (χ4v) is 1.38. The zero-order valence-electron chi connectivity index (χ0n) is 9.13. The van der Waals surface area contributed by atoms with Crippen LogP contribution in [0.5, 0.6) is 0 Å². The lowest BCUT2D eigenvalue weighted by atomic mass is 9.91. The fraction of sp³-hybridized carbons (Fsp3) is 0.900. The molecule has 0 amide bonds. The first-order valence-electron chi connectivity index (χ1n) is 4.60. The van der Waals surface area contributed by atoms with Gasteiger partial charge in [-0.25, -0.2) is 0 Å². The summed E-state index contributed by atoms with van der Waals surface area (Å²) in [4.78, 5) is 2.29. The first kappa shape index (κ1) is 12.8. The molecule has 0 unspecified atom stereocenters. The molecule has 0 rings (SSSR count). The van der Waals surface area contributed by atoms with Crippen molar-refractivity contribution in [3.8, 4) is 6.07 Å². The van der Waals surface area contributed by atoms with E-state index < -0.39 is 0 Å². The van der Waals surface area contributed by atoms with E-state index in [4.69, 9.17) is 5.26 Å². The molecule has 0 aromatic rings. The van der Waals surface area contributed by atoms with Gasteiger partial charge in [-0.05, 0) is 40.1 Å². The molecular weight excluding hydrogens is 180 g/mol. The number of nitrogens with zero attached hydrogens (tertiary/aromatic N) is 2. The molecule has 0 heterocycles. The summed E-state index contributed by atoms with van der Waals surface area (Å²) in [5, 5.41) is 8.81. The maximum Gasteiger partial charge on any atom is 0.0684 e. The molecule has 0 atom stereocenters. The normalized spacial score (nSPS) is 11.7. The number of nitriles is 1. The molecule has 0 N–H and O–H groups in total. The zero-order chi connectivity index (χ0) is 10.3. The third kappa shape index (κ3) is 6.92. The number of thioether (sulfide) groups is 1. The Hall–Kier alpha value is -0.200. The van der Waals surface area contributed by atoms with Gasteiger partial charge in [-0.15, -0.1) is 0 Å². The second-order valence-electron chi connectivity index (χ2n) is 4.04. The van der Waals surface area contributed by atoms with Crippen molar-refractivity contribution in [3.05, 3.63) is 0 Å². The summed E-state index contributed by atoms with van der Waals surface area (Å²) in [5.41, 5.74) is -0.173. The standard InChI is InChI=1S/C10H20N2S/c1-10(2,9-11)5-6-12(3)7-8-13-4/h5-8H2,1-4H3. The number of hydrogen-bond donors (Lipinski definition) is 0. The monoisotopic (exact) mass is 200 g/mol. The molecule has 76 valence electrons. The molecular formula is C10H20N2S. The van der Waals surface area contributed by atoms with Crippen molar-refractivity contribution in [2.75, 3.05) is 32.1 Å². The van der Waals surface area contributed by atoms with Crippen LogP contribution in [-0.2, 0) is 0 Å². The Morgan fingerprint density at radius 3 is 2.46 bits per heavy atom. The average Bonchev–Trinajstić information content (AvgIpc) is 2.11. The van der Waals surface area contributed by atoms with E-state index in [1.165, 1.54) is 5.75 Å². The Labute approximate surface area is 86.3 Å². The van der Waals surface area contributed by atoms with Gasteiger partial charge >= 0.3 is 0 Å². The van der Waals surface area contributed by atoms with Gasteiger partial charge < -0.3 is 4.90 Å². The van der Waals surface area contributed by atoms with Gasteiger partial charge in [-0.3, -0.25) is 0 Å². The van der Waals surface area contributed by atoms with Crippen LogP contribution < -0.4 is 0 Å². The van der Waals surface area contributed by atoms with Gasteiger partial charge in [-0.1, -0.05) is 0 Å². The molecule has 13 heavy (non-hydrogen) atoms. The molecule has 0 fully saturated rings. The summed E-state index contributed by atoms with van der Waals surface area (Å²) in [6.07, 6.45) is 3.07. The predicted octanol–water partition coefficient (Wildman–Crippen LogP) is 2.22. The van der Waals surface area contributed by atoms with E-state index in [2.05, 4.69) is 24.3 Å². The Morgan fingerprint density at radius 1 is 1.38 bits per heavy atom. The van der Waals surface area contributed by atoms with Gasteiger partial charge in [0.2, 0.25) is 0 Å². The highest BCUT2D eigenvalue weighted by Gasteiger charge is 2.16. The summed E-state index contributed by atoms with van der Waals surface area (Å²) in [6, 6.07) is 2.32. The minimum absolute atomic E-state index is 0.173. The third-order valence-electron chi connectivity index (χ3n) is 2.10. The zero-order valence-corrected chi connectivity index (χ0v) is 9.95. The van der Waals surface area contributed by atoms with Gasteiger partial charge in [-0.2, -0.15) is 17.0 Å². The molecule has 0 aliphatic carbocycles. The molecule has 2 nitrogen and oxygen atoms in total. The second kappa shape index (κ2) is 6.28. The average molecular weight is 200 g/mol. The first-order chi connectivity index (χ1) is 6.02. The van der Waals surface area contributed by atoms with E-state index >= 15 is 0 Å². The maximum atomic E-state index is 8.81. The molecule has 0 aromatic carbocycles. The second-order valence-corrected chi connectivity index (χ2v) is 5.03. The Bertz CT molecular complexity index is 172. The molecule has 0 spiro atoms. The van der Waals surface area contributed by atoms with Gasteiger partial charge in [0.15, 0.2) is 0 Å². The molecule has 0 saturated heterocycles. The summed E-state index contributed by atoms with van der Waals surface area (Å²) < 4.78 is 0. The van der Waals surface area contributed by atoms with E-state index in [9.17, 15) is 0 Å². The lowest BCUT2D eigenvalue weighted by molar-refractivity contribution is 0.300. The first-order valence-corrected chi connectivity index (χ1v) is 6.00. The van der Waals surface area contributed by atoms with Crippen molar-refractivity contribution in [2.24, 2.45) is 5.41 Å². The highest BCUT2D eigenvalue weighted by atomic mass is 32.2. The van der Waals surface area contributed by atoms with E-state index in [1.54, 1.807) is 0 Å². The molecule has 0 aliphatic rings. The van der Waals surface area contributed by atoms with Crippen LogP contribution >= 0.6 is 11.8 Å². The maximum absolute atomic E-state index is 8.81. The Balaban J connectivity index is 3.58. The number of hydrogen-bond acceptors (Lipinski definition) is 3. The highest BCUT2D eigenvalue weighted by Crippen LogP contribution is 2.18. The summed E-state index contributed by atoms with van der Waals surface area (Å²) in [7, 11) is 2.11. The van der Waals surface area contributed by atoms with Crippen molar-refractivity contribution in [1.29, 1.82) is 5.26 Å². The number of rotatable bonds is 6. The third-order valence-corrected chi connectivity index (χ3v) is 2.69.